The number of hydrogen-bond donors (Lipinski definition) is 3. The van der Waals surface area contributed by atoms with Gasteiger partial charge in [-0.25, -0.2) is 9.67 Å². The average Bonchev–Trinajstić information content (AvgIpc) is 3.17. The van der Waals surface area contributed by atoms with E-state index in [1.54, 1.807) is 22.9 Å². The van der Waals surface area contributed by atoms with E-state index >= 15 is 0 Å². The molecule has 0 bridgehead atoms. The Morgan fingerprint density at radius 2 is 1.97 bits per heavy atom. The SMILES string of the molecule is CC(=O)NC1=CC(Oc2ccc(NC(=O)c3c4n(n(-c5ccccc5)c3=O)CCOC4)nc2)=CCN1. The number of hydrogen-bond acceptors (Lipinski definition) is 7. The lowest BCUT2D eigenvalue weighted by molar-refractivity contribution is -0.118. The van der Waals surface area contributed by atoms with E-state index in [9.17, 15) is 14.4 Å². The van der Waals surface area contributed by atoms with Crippen LogP contribution in [-0.4, -0.2) is 39.3 Å². The Balaban J connectivity index is 1.34. The van der Waals surface area contributed by atoms with E-state index in [1.165, 1.54) is 17.8 Å². The molecule has 0 saturated heterocycles. The van der Waals surface area contributed by atoms with Crippen LogP contribution < -0.4 is 26.2 Å². The molecule has 2 aliphatic rings. The monoisotopic (exact) mass is 488 g/mol. The number of pyridine rings is 1. The van der Waals surface area contributed by atoms with Crippen LogP contribution in [0.15, 0.2) is 77.2 Å². The number of allylic oxidation sites excluding steroid dienone is 1. The van der Waals surface area contributed by atoms with Gasteiger partial charge in [0, 0.05) is 19.5 Å². The van der Waals surface area contributed by atoms with Crippen LogP contribution in [-0.2, 0) is 22.7 Å². The molecule has 0 spiro atoms. The molecule has 3 aromatic rings. The van der Waals surface area contributed by atoms with Crippen LogP contribution >= 0.6 is 0 Å². The number of dihydropyridines is 1. The van der Waals surface area contributed by atoms with Gasteiger partial charge in [0.05, 0.1) is 37.3 Å². The molecule has 0 fully saturated rings. The van der Waals surface area contributed by atoms with Crippen molar-refractivity contribution in [2.45, 2.75) is 20.1 Å². The van der Waals surface area contributed by atoms with Crippen molar-refractivity contribution in [2.75, 3.05) is 18.5 Å². The highest BCUT2D eigenvalue weighted by molar-refractivity contribution is 6.04. The van der Waals surface area contributed by atoms with Gasteiger partial charge in [0.1, 0.15) is 28.7 Å². The van der Waals surface area contributed by atoms with Crippen molar-refractivity contribution in [3.05, 3.63) is 94.0 Å². The summed E-state index contributed by atoms with van der Waals surface area (Å²) in [5, 5.41) is 8.40. The molecule has 1 aromatic carbocycles. The molecule has 5 rings (SSSR count). The minimum absolute atomic E-state index is 0.0242. The van der Waals surface area contributed by atoms with E-state index in [2.05, 4.69) is 20.9 Å². The van der Waals surface area contributed by atoms with Gasteiger partial charge in [0.25, 0.3) is 11.5 Å². The molecule has 184 valence electrons. The Kier molecular flexibility index (Phi) is 6.37. The number of amides is 2. The summed E-state index contributed by atoms with van der Waals surface area (Å²) in [5.74, 6) is 1.04. The Labute approximate surface area is 206 Å². The molecule has 3 N–H and O–H groups in total. The minimum atomic E-state index is -0.561. The summed E-state index contributed by atoms with van der Waals surface area (Å²) in [6.07, 6.45) is 4.94. The number of nitrogens with zero attached hydrogens (tertiary/aromatic N) is 3. The van der Waals surface area contributed by atoms with E-state index in [0.717, 1.165) is 0 Å². The summed E-state index contributed by atoms with van der Waals surface area (Å²) in [6, 6.07) is 12.4. The zero-order valence-electron chi connectivity index (χ0n) is 19.5. The fraction of sp³-hybridized carbons (Fsp3) is 0.200. The predicted octanol–water partition coefficient (Wildman–Crippen LogP) is 1.66. The fourth-order valence-electron chi connectivity index (χ4n) is 4.03. The Bertz CT molecular complexity index is 1420. The fourth-order valence-corrected chi connectivity index (χ4v) is 4.03. The van der Waals surface area contributed by atoms with Crippen LogP contribution in [0.2, 0.25) is 0 Å². The summed E-state index contributed by atoms with van der Waals surface area (Å²) in [5.41, 5.74) is 0.800. The van der Waals surface area contributed by atoms with E-state index in [1.807, 2.05) is 36.4 Å². The molecule has 4 heterocycles. The van der Waals surface area contributed by atoms with Crippen LogP contribution in [0.5, 0.6) is 5.75 Å². The second-order valence-electron chi connectivity index (χ2n) is 8.11. The van der Waals surface area contributed by atoms with E-state index in [-0.39, 0.29) is 23.9 Å². The van der Waals surface area contributed by atoms with Crippen molar-refractivity contribution >= 4 is 17.6 Å². The molecule has 0 saturated carbocycles. The second kappa shape index (κ2) is 9.92. The van der Waals surface area contributed by atoms with Crippen LogP contribution in [0.1, 0.15) is 23.0 Å². The van der Waals surface area contributed by atoms with Gasteiger partial charge in [-0.05, 0) is 30.3 Å². The number of fused-ring (bicyclic) bond motifs is 1. The first kappa shape index (κ1) is 23.1. The Hall–Kier alpha value is -4.64. The first-order valence-corrected chi connectivity index (χ1v) is 11.4. The molecular weight excluding hydrogens is 464 g/mol. The highest BCUT2D eigenvalue weighted by Crippen LogP contribution is 2.20. The van der Waals surface area contributed by atoms with Gasteiger partial charge in [0.15, 0.2) is 0 Å². The molecule has 2 amide bonds. The number of aromatic nitrogens is 3. The summed E-state index contributed by atoms with van der Waals surface area (Å²) in [4.78, 5) is 42.0. The van der Waals surface area contributed by atoms with Gasteiger partial charge in [0.2, 0.25) is 5.91 Å². The molecular formula is C25H24N6O5. The summed E-state index contributed by atoms with van der Waals surface area (Å²) in [7, 11) is 0. The van der Waals surface area contributed by atoms with Gasteiger partial charge >= 0.3 is 0 Å². The number of carbonyl (C=O) groups excluding carboxylic acids is 2. The zero-order valence-corrected chi connectivity index (χ0v) is 19.5. The van der Waals surface area contributed by atoms with Crippen molar-refractivity contribution in [3.8, 4) is 11.4 Å². The summed E-state index contributed by atoms with van der Waals surface area (Å²) < 4.78 is 14.6. The third-order valence-corrected chi connectivity index (χ3v) is 5.57. The number of benzene rings is 1. The quantitative estimate of drug-likeness (QED) is 0.481. The minimum Gasteiger partial charge on any atom is -0.456 e. The third-order valence-electron chi connectivity index (χ3n) is 5.57. The lowest BCUT2D eigenvalue weighted by Gasteiger charge is -2.19. The summed E-state index contributed by atoms with van der Waals surface area (Å²) in [6.45, 7) is 2.99. The Morgan fingerprint density at radius 1 is 1.14 bits per heavy atom. The number of ether oxygens (including phenoxy) is 2. The van der Waals surface area contributed by atoms with E-state index in [4.69, 9.17) is 9.47 Å². The van der Waals surface area contributed by atoms with Gasteiger partial charge in [-0.2, -0.15) is 0 Å². The van der Waals surface area contributed by atoms with Crippen molar-refractivity contribution < 1.29 is 19.1 Å². The highest BCUT2D eigenvalue weighted by Gasteiger charge is 2.28. The molecule has 2 aliphatic heterocycles. The maximum Gasteiger partial charge on any atom is 0.284 e. The lowest BCUT2D eigenvalue weighted by atomic mass is 10.2. The standard InChI is InChI=1S/C25H24N6O5/c1-16(32)28-22-13-18(9-10-26-22)36-19-7-8-21(27-14-19)29-24(33)23-20-15-35-12-11-30(20)31(25(23)34)17-5-3-2-4-6-17/h2-9,13-14,26H,10-12,15H2,1H3,(H,28,32)(H,27,29,33). The average molecular weight is 489 g/mol. The van der Waals surface area contributed by atoms with Gasteiger partial charge in [-0.15, -0.1) is 0 Å². The number of nitrogens with one attached hydrogen (secondary N) is 3. The molecule has 0 aliphatic carbocycles. The second-order valence-corrected chi connectivity index (χ2v) is 8.11. The lowest BCUT2D eigenvalue weighted by Crippen LogP contribution is -2.32. The van der Waals surface area contributed by atoms with Crippen molar-refractivity contribution in [1.82, 2.24) is 25.0 Å². The smallest absolute Gasteiger partial charge is 0.284 e. The van der Waals surface area contributed by atoms with E-state index in [0.29, 0.717) is 48.4 Å². The molecule has 0 atom stereocenters. The molecule has 11 heteroatoms. The number of carbonyl (C=O) groups is 2. The maximum atomic E-state index is 13.3. The number of para-hydroxylation sites is 1. The van der Waals surface area contributed by atoms with Gasteiger partial charge < -0.3 is 25.4 Å². The van der Waals surface area contributed by atoms with Crippen LogP contribution in [0.4, 0.5) is 5.82 Å². The van der Waals surface area contributed by atoms with Crippen molar-refractivity contribution in [1.29, 1.82) is 0 Å². The molecule has 36 heavy (non-hydrogen) atoms. The number of rotatable bonds is 6. The first-order valence-electron chi connectivity index (χ1n) is 11.4. The van der Waals surface area contributed by atoms with Crippen LogP contribution in [0.25, 0.3) is 5.69 Å². The molecule has 2 aromatic heterocycles. The van der Waals surface area contributed by atoms with Gasteiger partial charge in [-0.3, -0.25) is 19.1 Å². The zero-order chi connectivity index (χ0) is 25.1. The predicted molar refractivity (Wildman–Crippen MR) is 130 cm³/mol. The number of anilines is 1. The van der Waals surface area contributed by atoms with Gasteiger partial charge in [-0.1, -0.05) is 18.2 Å². The Morgan fingerprint density at radius 3 is 2.72 bits per heavy atom. The maximum absolute atomic E-state index is 13.3. The molecule has 11 nitrogen and oxygen atoms in total. The van der Waals surface area contributed by atoms with Crippen molar-refractivity contribution in [3.63, 3.8) is 0 Å². The van der Waals surface area contributed by atoms with Crippen LogP contribution in [0.3, 0.4) is 0 Å². The first-order chi connectivity index (χ1) is 17.5. The summed E-state index contributed by atoms with van der Waals surface area (Å²) >= 11 is 0. The molecule has 0 radical (unpaired) electrons. The normalized spacial score (nSPS) is 14.6. The van der Waals surface area contributed by atoms with Crippen molar-refractivity contribution in [2.24, 2.45) is 0 Å². The molecule has 0 unspecified atom stereocenters. The third kappa shape index (κ3) is 4.77. The van der Waals surface area contributed by atoms with E-state index < -0.39 is 11.5 Å². The highest BCUT2D eigenvalue weighted by atomic mass is 16.5. The van der Waals surface area contributed by atoms with Crippen LogP contribution in [0, 0.1) is 0 Å². The largest absolute Gasteiger partial charge is 0.456 e. The topological polar surface area (TPSA) is 129 Å².